The van der Waals surface area contributed by atoms with Crippen LogP contribution in [0.1, 0.15) is 0 Å². The summed E-state index contributed by atoms with van der Waals surface area (Å²) in [5.41, 5.74) is 20.0. The van der Waals surface area contributed by atoms with Gasteiger partial charge in [-0.3, -0.25) is 0 Å². The number of thiophene rings is 1. The summed E-state index contributed by atoms with van der Waals surface area (Å²) in [4.78, 5) is 20.2. The summed E-state index contributed by atoms with van der Waals surface area (Å²) in [6.07, 6.45) is 0. The van der Waals surface area contributed by atoms with Gasteiger partial charge >= 0.3 is 0 Å². The molecule has 0 radical (unpaired) electrons. The lowest BCUT2D eigenvalue weighted by Gasteiger charge is -2.35. The van der Waals surface area contributed by atoms with Crippen LogP contribution in [-0.2, 0) is 0 Å². The Hall–Kier alpha value is -16.7. The Morgan fingerprint density at radius 2 is 0.503 bits per heavy atom. The van der Waals surface area contributed by atoms with E-state index < -0.39 is 0 Å². The van der Waals surface area contributed by atoms with Gasteiger partial charge in [0.05, 0.1) is 72.6 Å². The quantitative estimate of drug-likeness (QED) is 0.167. The molecule has 4 aliphatic rings. The van der Waals surface area contributed by atoms with Gasteiger partial charge in [0.2, 0.25) is 0 Å². The highest BCUT2D eigenvalue weighted by molar-refractivity contribution is 8.00. The molecule has 0 unspecified atom stereocenters. The van der Waals surface area contributed by atoms with Gasteiger partial charge in [-0.05, 0) is 197 Å². The molecule has 6 nitrogen and oxygen atoms in total. The molecular weight excluding hydrogens is 1830 g/mol. The fraction of sp³-hybridized carbons (Fsp3) is 0. The average molecular weight is 1910 g/mol. The van der Waals surface area contributed by atoms with Crippen LogP contribution in [0.2, 0.25) is 0 Å². The van der Waals surface area contributed by atoms with Crippen molar-refractivity contribution in [2.45, 2.75) is 39.2 Å². The molecule has 0 bridgehead atoms. The van der Waals surface area contributed by atoms with Crippen LogP contribution in [0.25, 0.3) is 167 Å². The van der Waals surface area contributed by atoms with E-state index in [0.717, 1.165) is 27.6 Å². The highest BCUT2D eigenvalue weighted by Gasteiger charge is 2.36. The van der Waals surface area contributed by atoms with Gasteiger partial charge in [-0.15, -0.1) is 11.3 Å². The molecule has 25 aromatic carbocycles. The monoisotopic (exact) mass is 1910 g/mol. The Kier molecular flexibility index (Phi) is 19.8. The molecular formula is C132H81N5OS5. The van der Waals surface area contributed by atoms with E-state index in [1.165, 1.54) is 246 Å². The van der Waals surface area contributed by atoms with E-state index in [-0.39, 0.29) is 0 Å². The largest absolute Gasteiger partial charge is 0.454 e. The second-order valence-electron chi connectivity index (χ2n) is 36.7. The van der Waals surface area contributed by atoms with Crippen LogP contribution in [0.5, 0.6) is 0 Å². The first kappa shape index (κ1) is 83.2. The second-order valence-corrected chi connectivity index (χ2v) is 42.0. The fourth-order valence-electron chi connectivity index (χ4n) is 22.3. The maximum absolute atomic E-state index is 6.52. The van der Waals surface area contributed by atoms with E-state index >= 15 is 0 Å². The molecule has 7 heterocycles. The zero-order valence-electron chi connectivity index (χ0n) is 77.0. The molecule has 0 N–H and O–H groups in total. The number of aromatic nitrogens is 1. The van der Waals surface area contributed by atoms with E-state index in [4.69, 9.17) is 4.42 Å². The van der Waals surface area contributed by atoms with Crippen molar-refractivity contribution in [3.8, 4) is 5.69 Å². The molecule has 0 fully saturated rings. The first-order chi connectivity index (χ1) is 70.9. The van der Waals surface area contributed by atoms with Gasteiger partial charge in [0.15, 0.2) is 5.58 Å². The molecule has 28 aromatic rings. The first-order valence-corrected chi connectivity index (χ1v) is 52.5. The van der Waals surface area contributed by atoms with Crippen molar-refractivity contribution in [1.29, 1.82) is 0 Å². The predicted octanol–water partition coefficient (Wildman–Crippen LogP) is 40.2. The molecule has 0 saturated carbocycles. The number of hydrogen-bond donors (Lipinski definition) is 0. The lowest BCUT2D eigenvalue weighted by Crippen LogP contribution is -2.15. The summed E-state index contributed by atoms with van der Waals surface area (Å²) in [7, 11) is 0. The van der Waals surface area contributed by atoms with Crippen LogP contribution in [-0.4, -0.2) is 4.57 Å². The van der Waals surface area contributed by atoms with Crippen molar-refractivity contribution in [3.63, 3.8) is 0 Å². The van der Waals surface area contributed by atoms with Gasteiger partial charge in [0, 0.05) is 115 Å². The number of anilines is 12. The number of fused-ring (bicyclic) bond motifs is 34. The van der Waals surface area contributed by atoms with Crippen molar-refractivity contribution in [2.24, 2.45) is 0 Å². The van der Waals surface area contributed by atoms with E-state index in [9.17, 15) is 0 Å². The molecule has 0 spiro atoms. The predicted molar refractivity (Wildman–Crippen MR) is 613 cm³/mol. The molecule has 3 aromatic heterocycles. The molecule has 0 amide bonds. The average Bonchev–Trinajstić information content (AvgIpc) is 1.60. The van der Waals surface area contributed by atoms with Crippen LogP contribution in [0, 0.1) is 0 Å². The van der Waals surface area contributed by atoms with Crippen molar-refractivity contribution >= 4 is 288 Å². The highest BCUT2D eigenvalue weighted by Crippen LogP contribution is 2.63. The summed E-state index contributed by atoms with van der Waals surface area (Å²) in [6, 6.07) is 178. The molecule has 0 aliphatic carbocycles. The van der Waals surface area contributed by atoms with Crippen LogP contribution < -0.4 is 19.6 Å². The smallest absolute Gasteiger partial charge is 0.159 e. The summed E-state index contributed by atoms with van der Waals surface area (Å²) >= 11 is 9.43. The molecule has 32 rings (SSSR count). The van der Waals surface area contributed by atoms with Crippen molar-refractivity contribution in [1.82, 2.24) is 4.57 Å². The number of hydrogen-bond acceptors (Lipinski definition) is 10. The zero-order chi connectivity index (χ0) is 93.8. The minimum absolute atomic E-state index is 0.915. The Bertz CT molecular complexity index is 9880. The molecule has 0 atom stereocenters. The van der Waals surface area contributed by atoms with Crippen LogP contribution >= 0.6 is 58.4 Å². The Balaban J connectivity index is 0.0000000912. The molecule has 4 aliphatic heterocycles. The van der Waals surface area contributed by atoms with Crippen LogP contribution in [0.3, 0.4) is 0 Å². The van der Waals surface area contributed by atoms with E-state index in [0.29, 0.717) is 0 Å². The van der Waals surface area contributed by atoms with Crippen molar-refractivity contribution < 1.29 is 4.42 Å². The van der Waals surface area contributed by atoms with Gasteiger partial charge in [-0.1, -0.05) is 417 Å². The summed E-state index contributed by atoms with van der Waals surface area (Å²) in [5, 5.41) is 30.3. The van der Waals surface area contributed by atoms with E-state index in [1.807, 2.05) is 64.5 Å². The maximum Gasteiger partial charge on any atom is 0.159 e. The van der Waals surface area contributed by atoms with Gasteiger partial charge < -0.3 is 28.6 Å². The first-order valence-electron chi connectivity index (χ1n) is 48.4. The number of para-hydroxylation sites is 4. The zero-order valence-corrected chi connectivity index (χ0v) is 81.0. The minimum atomic E-state index is 0.915. The van der Waals surface area contributed by atoms with Crippen molar-refractivity contribution in [2.75, 3.05) is 19.6 Å². The number of benzene rings is 25. The third kappa shape index (κ3) is 13.7. The standard InChI is InChI=1S/C38H24N2S.C32H19NOS.C32H19NS2.C30H19NS/c1-2-12-27(13-3-1)39-33-17-9-8-16-31(33)32-24-28(20-22-34(32)39)40-35-21-18-26-11-5-7-15-30(26)38(35)41-36-23-19-25-10-4-6-14-29(25)37(36)40;1-3-10-22-20(8-1)17-19-29-30(22)33(27-18-16-21-9-2-4-11-23(21)32(27)35-29)26-14-7-13-25-24-12-5-6-15-28(24)34-31(25)26;1-3-10-22-20(8-1)17-19-29-30(22)33(27-18-16-21-9-2-4-11-23(21)31(27)35-29)26-14-7-13-25-24-12-5-6-15-28(24)34-32(25)26;1-2-10-23-19-24(16-13-20(23)7-1)31-27-17-14-22-9-4-6-12-26(22)30(27)32-28-18-15-21-8-3-5-11-25(21)29(28)31/h1-24H;2*1-19H;1-19H. The Morgan fingerprint density at radius 3 is 0.993 bits per heavy atom. The Morgan fingerprint density at radius 1 is 0.175 bits per heavy atom. The summed E-state index contributed by atoms with van der Waals surface area (Å²) in [5.74, 6) is 0. The third-order valence-corrected chi connectivity index (χ3v) is 34.7. The molecule has 11 heteroatoms. The van der Waals surface area contributed by atoms with Crippen LogP contribution in [0.15, 0.2) is 535 Å². The molecule has 0 saturated heterocycles. The fourth-order valence-corrected chi connectivity index (χ4v) is 28.4. The number of furan rings is 1. The number of rotatable bonds is 5. The van der Waals surface area contributed by atoms with Gasteiger partial charge in [0.25, 0.3) is 0 Å². The lowest BCUT2D eigenvalue weighted by molar-refractivity contribution is 0.669. The van der Waals surface area contributed by atoms with Gasteiger partial charge in [-0.2, -0.15) is 0 Å². The van der Waals surface area contributed by atoms with E-state index in [1.54, 1.807) is 0 Å². The van der Waals surface area contributed by atoms with Crippen molar-refractivity contribution in [3.05, 3.63) is 491 Å². The normalized spacial score (nSPS) is 12.9. The van der Waals surface area contributed by atoms with E-state index in [2.05, 4.69) is 509 Å². The molecule has 143 heavy (non-hydrogen) atoms. The summed E-state index contributed by atoms with van der Waals surface area (Å²) in [6.45, 7) is 0. The number of nitrogens with zero attached hydrogens (tertiary/aromatic N) is 5. The highest BCUT2D eigenvalue weighted by atomic mass is 32.2. The SMILES string of the molecule is c1ccc(-n2c3ccccc3c3cc(N4c5ccc6ccccc6c5Sc5ccc6ccccc6c54)ccc32)cc1.c1ccc2c3c(ccc2c1)N(c1cccc2c1oc1ccccc12)c1c(ccc2ccccc12)S3.c1ccc2c3c(ccc2c1)N(c1cccc2c1sc1ccccc12)c1c(ccc2ccccc12)S3.c1ccc2cc(N3c4ccc5ccccc5c4Sc4ccc5ccccc5c43)ccc2c1. The van der Waals surface area contributed by atoms with Crippen LogP contribution in [0.4, 0.5) is 68.2 Å². The lowest BCUT2D eigenvalue weighted by atomic mass is 10.0. The topological polar surface area (TPSA) is 31.0 Å². The summed E-state index contributed by atoms with van der Waals surface area (Å²) < 4.78 is 11.6. The third-order valence-electron chi connectivity index (χ3n) is 28.8. The minimum Gasteiger partial charge on any atom is -0.454 e. The van der Waals surface area contributed by atoms with Gasteiger partial charge in [0.1, 0.15) is 5.58 Å². The molecule has 670 valence electrons. The Labute approximate surface area is 845 Å². The maximum atomic E-state index is 6.52. The second kappa shape index (κ2) is 34.1. The van der Waals surface area contributed by atoms with Gasteiger partial charge in [-0.25, -0.2) is 0 Å².